The maximum Gasteiger partial charge on any atom is 0.244 e. The van der Waals surface area contributed by atoms with Crippen molar-refractivity contribution in [3.8, 4) is 0 Å². The first kappa shape index (κ1) is 29.2. The minimum Gasteiger partial charge on any atom is -0.352 e. The van der Waals surface area contributed by atoms with Crippen molar-refractivity contribution in [2.75, 3.05) is 17.1 Å². The number of aryl methyl sites for hydroxylation is 1. The second-order valence-electron chi connectivity index (χ2n) is 8.58. The summed E-state index contributed by atoms with van der Waals surface area (Å²) in [6.07, 6.45) is 1.30. The maximum absolute atomic E-state index is 13.6. The van der Waals surface area contributed by atoms with Crippen LogP contribution in [0.5, 0.6) is 0 Å². The highest BCUT2D eigenvalue weighted by molar-refractivity contribution is 7.92. The monoisotopic (exact) mass is 561 g/mol. The minimum absolute atomic E-state index is 0.0203. The molecule has 2 aromatic rings. The average molecular weight is 563 g/mol. The van der Waals surface area contributed by atoms with Gasteiger partial charge >= 0.3 is 0 Å². The van der Waals surface area contributed by atoms with Gasteiger partial charge in [-0.3, -0.25) is 13.9 Å². The van der Waals surface area contributed by atoms with Crippen LogP contribution in [0.2, 0.25) is 15.1 Å². The van der Waals surface area contributed by atoms with Crippen LogP contribution in [0.3, 0.4) is 0 Å². The number of hydrogen-bond donors (Lipinski definition) is 1. The Morgan fingerprint density at radius 1 is 1.00 bits per heavy atom. The number of carbonyl (C=O) groups excluding carboxylic acids is 2. The summed E-state index contributed by atoms with van der Waals surface area (Å²) in [7, 11) is -3.95. The Kier molecular flexibility index (Phi) is 10.3. The molecule has 0 saturated heterocycles. The molecule has 1 N–H and O–H groups in total. The lowest BCUT2D eigenvalue weighted by Gasteiger charge is -2.33. The highest BCUT2D eigenvalue weighted by atomic mass is 35.5. The van der Waals surface area contributed by atoms with Gasteiger partial charge in [-0.25, -0.2) is 8.42 Å². The summed E-state index contributed by atoms with van der Waals surface area (Å²) in [5.41, 5.74) is 1.87. The molecule has 7 nitrogen and oxygen atoms in total. The third-order valence-electron chi connectivity index (χ3n) is 5.23. The fourth-order valence-electron chi connectivity index (χ4n) is 3.49. The summed E-state index contributed by atoms with van der Waals surface area (Å²) in [6, 6.07) is 9.23. The molecule has 35 heavy (non-hydrogen) atoms. The number of amides is 2. The van der Waals surface area contributed by atoms with E-state index in [0.29, 0.717) is 6.42 Å². The van der Waals surface area contributed by atoms with Crippen molar-refractivity contribution in [2.45, 2.75) is 52.7 Å². The molecule has 2 aromatic carbocycles. The van der Waals surface area contributed by atoms with Crippen molar-refractivity contribution in [2.24, 2.45) is 0 Å². The number of halogens is 3. The average Bonchev–Trinajstić information content (AvgIpc) is 2.74. The summed E-state index contributed by atoms with van der Waals surface area (Å²) >= 11 is 18.4. The number of sulfonamides is 1. The molecular formula is C24H30Cl3N3O4S. The molecule has 0 aromatic heterocycles. The quantitative estimate of drug-likeness (QED) is 0.411. The first-order valence-corrected chi connectivity index (χ1v) is 14.0. The summed E-state index contributed by atoms with van der Waals surface area (Å²) in [6.45, 7) is 6.94. The van der Waals surface area contributed by atoms with Crippen LogP contribution in [0, 0.1) is 6.92 Å². The van der Waals surface area contributed by atoms with Gasteiger partial charge < -0.3 is 10.2 Å². The fourth-order valence-corrected chi connectivity index (χ4v) is 5.03. The number of benzene rings is 2. The SMILES string of the molecule is CC[C@@H](C(=O)NC(C)C)N(Cc1ccc(C)cc1)C(=O)CN(c1cc(Cl)c(Cl)cc1Cl)S(C)(=O)=O. The minimum atomic E-state index is -3.95. The summed E-state index contributed by atoms with van der Waals surface area (Å²) in [4.78, 5) is 28.0. The maximum atomic E-state index is 13.6. The molecule has 0 saturated carbocycles. The van der Waals surface area contributed by atoms with Crippen LogP contribution in [-0.2, 0) is 26.2 Å². The predicted molar refractivity (Wildman–Crippen MR) is 143 cm³/mol. The molecule has 0 bridgehead atoms. The molecule has 11 heteroatoms. The second-order valence-corrected chi connectivity index (χ2v) is 11.7. The number of nitrogens with one attached hydrogen (secondary N) is 1. The topological polar surface area (TPSA) is 86.8 Å². The van der Waals surface area contributed by atoms with Crippen LogP contribution < -0.4 is 9.62 Å². The zero-order valence-electron chi connectivity index (χ0n) is 20.3. The normalized spacial score (nSPS) is 12.4. The van der Waals surface area contributed by atoms with Gasteiger partial charge in [0.25, 0.3) is 0 Å². The Bertz CT molecular complexity index is 1170. The zero-order chi connectivity index (χ0) is 26.5. The van der Waals surface area contributed by atoms with E-state index in [1.165, 1.54) is 17.0 Å². The van der Waals surface area contributed by atoms with Crippen LogP contribution >= 0.6 is 34.8 Å². The molecule has 2 amide bonds. The van der Waals surface area contributed by atoms with Crippen molar-refractivity contribution in [1.29, 1.82) is 0 Å². The Hall–Kier alpha value is -2.00. The van der Waals surface area contributed by atoms with Crippen molar-refractivity contribution >= 4 is 62.3 Å². The van der Waals surface area contributed by atoms with Crippen molar-refractivity contribution in [3.05, 3.63) is 62.6 Å². The molecule has 2 rings (SSSR count). The van der Waals surface area contributed by atoms with Gasteiger partial charge in [-0.05, 0) is 44.9 Å². The van der Waals surface area contributed by atoms with Crippen LogP contribution in [0.15, 0.2) is 36.4 Å². The van der Waals surface area contributed by atoms with Gasteiger partial charge in [0.15, 0.2) is 0 Å². The number of nitrogens with zero attached hydrogens (tertiary/aromatic N) is 2. The fraction of sp³-hybridized carbons (Fsp3) is 0.417. The van der Waals surface area contributed by atoms with E-state index in [0.717, 1.165) is 21.7 Å². The van der Waals surface area contributed by atoms with Crippen LogP contribution in [0.25, 0.3) is 0 Å². The largest absolute Gasteiger partial charge is 0.352 e. The Morgan fingerprint density at radius 3 is 2.09 bits per heavy atom. The van der Waals surface area contributed by atoms with Gasteiger partial charge in [-0.2, -0.15) is 0 Å². The molecule has 1 atom stereocenters. The number of carbonyl (C=O) groups is 2. The molecule has 0 radical (unpaired) electrons. The number of hydrogen-bond acceptors (Lipinski definition) is 4. The predicted octanol–water partition coefficient (Wildman–Crippen LogP) is 5.05. The van der Waals surface area contributed by atoms with Crippen molar-refractivity contribution in [1.82, 2.24) is 10.2 Å². The van der Waals surface area contributed by atoms with E-state index < -0.39 is 28.5 Å². The van der Waals surface area contributed by atoms with E-state index in [1.807, 2.05) is 45.0 Å². The lowest BCUT2D eigenvalue weighted by Crippen LogP contribution is -2.53. The molecule has 0 unspecified atom stereocenters. The van der Waals surface area contributed by atoms with Gasteiger partial charge in [0.2, 0.25) is 21.8 Å². The molecule has 0 spiro atoms. The standard InChI is InChI=1S/C24H30Cl3N3O4S/c1-6-21(24(32)28-15(2)3)29(13-17-9-7-16(4)8-10-17)23(31)14-30(35(5,33)34)22-12-19(26)18(25)11-20(22)27/h7-12,15,21H,6,13-14H2,1-5H3,(H,28,32)/t21-/m0/s1. The first-order chi connectivity index (χ1) is 16.2. The lowest BCUT2D eigenvalue weighted by atomic mass is 10.1. The van der Waals surface area contributed by atoms with E-state index in [-0.39, 0.29) is 39.2 Å². The third-order valence-corrected chi connectivity index (χ3v) is 7.38. The smallest absolute Gasteiger partial charge is 0.244 e. The second kappa shape index (κ2) is 12.3. The van der Waals surface area contributed by atoms with E-state index in [9.17, 15) is 18.0 Å². The highest BCUT2D eigenvalue weighted by Gasteiger charge is 2.32. The Balaban J connectivity index is 2.50. The molecule has 192 valence electrons. The highest BCUT2D eigenvalue weighted by Crippen LogP contribution is 2.35. The zero-order valence-corrected chi connectivity index (χ0v) is 23.4. The van der Waals surface area contributed by atoms with Gasteiger partial charge in [-0.15, -0.1) is 0 Å². The van der Waals surface area contributed by atoms with Crippen LogP contribution in [0.1, 0.15) is 38.3 Å². The molecule has 0 aliphatic heterocycles. The van der Waals surface area contributed by atoms with Gasteiger partial charge in [-0.1, -0.05) is 71.6 Å². The van der Waals surface area contributed by atoms with Crippen LogP contribution in [0.4, 0.5) is 5.69 Å². The summed E-state index contributed by atoms with van der Waals surface area (Å²) in [5.74, 6) is -0.884. The number of rotatable bonds is 10. The van der Waals surface area contributed by atoms with E-state index in [2.05, 4.69) is 5.32 Å². The van der Waals surface area contributed by atoms with E-state index in [4.69, 9.17) is 34.8 Å². The Labute approximate surface area is 222 Å². The Morgan fingerprint density at radius 2 is 1.57 bits per heavy atom. The molecule has 0 aliphatic rings. The number of anilines is 1. The lowest BCUT2D eigenvalue weighted by molar-refractivity contribution is -0.140. The van der Waals surface area contributed by atoms with Crippen molar-refractivity contribution in [3.63, 3.8) is 0 Å². The van der Waals surface area contributed by atoms with E-state index >= 15 is 0 Å². The van der Waals surface area contributed by atoms with E-state index in [1.54, 1.807) is 6.92 Å². The molecule has 0 heterocycles. The van der Waals surface area contributed by atoms with Crippen molar-refractivity contribution < 1.29 is 18.0 Å². The van der Waals surface area contributed by atoms with Gasteiger partial charge in [0.05, 0.1) is 27.0 Å². The molecular weight excluding hydrogens is 533 g/mol. The van der Waals surface area contributed by atoms with Gasteiger partial charge in [0, 0.05) is 12.6 Å². The van der Waals surface area contributed by atoms with Gasteiger partial charge in [0.1, 0.15) is 12.6 Å². The third kappa shape index (κ3) is 8.00. The summed E-state index contributed by atoms with van der Waals surface area (Å²) < 4.78 is 26.3. The first-order valence-electron chi connectivity index (χ1n) is 11.0. The molecule has 0 fully saturated rings. The van der Waals surface area contributed by atoms with Crippen LogP contribution in [-0.4, -0.2) is 50.0 Å². The molecule has 0 aliphatic carbocycles. The summed E-state index contributed by atoms with van der Waals surface area (Å²) in [5, 5.41) is 3.10.